The average Bonchev–Trinajstić information content (AvgIpc) is 3.18. The zero-order valence-corrected chi connectivity index (χ0v) is 33.1. The highest BCUT2D eigenvalue weighted by Crippen LogP contribution is 2.37. The van der Waals surface area contributed by atoms with E-state index in [4.69, 9.17) is 0 Å². The van der Waals surface area contributed by atoms with Gasteiger partial charge >= 0.3 is 0 Å². The first-order valence-corrected chi connectivity index (χ1v) is 22.0. The summed E-state index contributed by atoms with van der Waals surface area (Å²) in [5, 5.41) is 13.8. The van der Waals surface area contributed by atoms with E-state index in [9.17, 15) is 0 Å². The van der Waals surface area contributed by atoms with Gasteiger partial charge in [-0.3, -0.25) is 0 Å². The van der Waals surface area contributed by atoms with Crippen LogP contribution in [0.5, 0.6) is 0 Å². The van der Waals surface area contributed by atoms with Crippen LogP contribution in [0.1, 0.15) is 166 Å². The van der Waals surface area contributed by atoms with E-state index in [0.717, 1.165) is 0 Å². The van der Waals surface area contributed by atoms with Crippen molar-refractivity contribution in [2.45, 2.75) is 168 Å². The lowest BCUT2D eigenvalue weighted by molar-refractivity contribution is 0.549. The smallest absolute Gasteiger partial charge is 0.00987 e. The molecule has 276 valence electrons. The van der Waals surface area contributed by atoms with Gasteiger partial charge in [-0.05, 0) is 90.7 Å². The van der Waals surface area contributed by atoms with Gasteiger partial charge in [0.25, 0.3) is 0 Å². The molecule has 0 heteroatoms. The molecule has 0 nitrogen and oxygen atoms in total. The molecule has 0 unspecified atom stereocenters. The first kappa shape index (κ1) is 38.3. The average molecular weight is 693 g/mol. The minimum Gasteiger partial charge on any atom is -0.0654 e. The summed E-state index contributed by atoms with van der Waals surface area (Å²) < 4.78 is 0. The van der Waals surface area contributed by atoms with Crippen molar-refractivity contribution in [3.8, 4) is 0 Å². The van der Waals surface area contributed by atoms with E-state index in [1.165, 1.54) is 219 Å². The molecule has 0 saturated heterocycles. The summed E-state index contributed by atoms with van der Waals surface area (Å²) in [6, 6.07) is 33.4. The van der Waals surface area contributed by atoms with Crippen LogP contribution in [0.3, 0.4) is 0 Å². The SMILES string of the molecule is CCCCCCCCCCCCCc1ccc2ccc3c(ccc4c5ccc6ccc(CCCCCCCCCCCCC)cc6c5ccc34)c2c1. The van der Waals surface area contributed by atoms with Gasteiger partial charge in [-0.1, -0.05) is 227 Å². The van der Waals surface area contributed by atoms with Gasteiger partial charge in [0.2, 0.25) is 0 Å². The molecule has 0 N–H and O–H groups in total. The maximum absolute atomic E-state index is 2.49. The number of hydrogen-bond acceptors (Lipinski definition) is 0. The number of unbranched alkanes of at least 4 members (excludes halogenated alkanes) is 20. The van der Waals surface area contributed by atoms with Crippen molar-refractivity contribution in [3.63, 3.8) is 0 Å². The molecule has 0 aliphatic rings. The van der Waals surface area contributed by atoms with Crippen LogP contribution < -0.4 is 0 Å². The predicted octanol–water partition coefficient (Wildman–Crippen LogP) is 17.2. The summed E-state index contributed by atoms with van der Waals surface area (Å²) in [6.07, 6.45) is 33.2. The molecule has 6 rings (SSSR count). The molecule has 0 bridgehead atoms. The fourth-order valence-corrected chi connectivity index (χ4v) is 8.89. The summed E-state index contributed by atoms with van der Waals surface area (Å²) in [6.45, 7) is 4.61. The van der Waals surface area contributed by atoms with Crippen molar-refractivity contribution in [3.05, 3.63) is 96.1 Å². The number of hydrogen-bond donors (Lipinski definition) is 0. The third kappa shape index (κ3) is 10.4. The Kier molecular flexibility index (Phi) is 15.3. The molecule has 0 aliphatic heterocycles. The zero-order chi connectivity index (χ0) is 35.8. The summed E-state index contributed by atoms with van der Waals surface area (Å²) >= 11 is 0. The first-order chi connectivity index (χ1) is 25.8. The van der Waals surface area contributed by atoms with Crippen LogP contribution in [0.2, 0.25) is 0 Å². The standard InChI is InChI=1S/C52H68/c1-3-5-7-9-11-13-15-17-19-21-23-25-41-27-29-43-31-33-45-47-36-38-50-46(48(47)35-37-49(45)51(43)39-41)34-32-44-30-28-42(40-52(44)50)26-24-22-20-18-16-14-12-10-8-6-4-2/h27-40H,3-26H2,1-2H3. The van der Waals surface area contributed by atoms with Crippen molar-refractivity contribution in [2.24, 2.45) is 0 Å². The monoisotopic (exact) mass is 693 g/mol. The van der Waals surface area contributed by atoms with Crippen LogP contribution in [-0.4, -0.2) is 0 Å². The highest BCUT2D eigenvalue weighted by molar-refractivity contribution is 6.25. The normalized spacial score (nSPS) is 12.0. The van der Waals surface area contributed by atoms with Crippen LogP contribution in [0.4, 0.5) is 0 Å². The van der Waals surface area contributed by atoms with Gasteiger partial charge in [0.05, 0.1) is 0 Å². The van der Waals surface area contributed by atoms with Gasteiger partial charge < -0.3 is 0 Å². The number of aryl methyl sites for hydroxylation is 2. The number of rotatable bonds is 24. The van der Waals surface area contributed by atoms with Crippen molar-refractivity contribution < 1.29 is 0 Å². The summed E-state index contributed by atoms with van der Waals surface area (Å²) in [5.74, 6) is 0. The van der Waals surface area contributed by atoms with Gasteiger partial charge in [0, 0.05) is 0 Å². The van der Waals surface area contributed by atoms with Crippen LogP contribution in [0.25, 0.3) is 53.9 Å². The van der Waals surface area contributed by atoms with Crippen molar-refractivity contribution in [2.75, 3.05) is 0 Å². The second-order valence-corrected chi connectivity index (χ2v) is 16.2. The third-order valence-corrected chi connectivity index (χ3v) is 12.1. The van der Waals surface area contributed by atoms with E-state index in [1.807, 2.05) is 0 Å². The highest BCUT2D eigenvalue weighted by Gasteiger charge is 2.11. The summed E-state index contributed by atoms with van der Waals surface area (Å²) in [4.78, 5) is 0. The Labute approximate surface area is 316 Å². The Balaban J connectivity index is 1.08. The molecule has 0 spiro atoms. The molecule has 0 heterocycles. The molecule has 0 radical (unpaired) electrons. The molecule has 0 fully saturated rings. The van der Waals surface area contributed by atoms with Crippen molar-refractivity contribution in [1.82, 2.24) is 0 Å². The maximum Gasteiger partial charge on any atom is -0.00987 e. The van der Waals surface area contributed by atoms with E-state index in [2.05, 4.69) is 98.8 Å². The Hall–Kier alpha value is -3.38. The van der Waals surface area contributed by atoms with Crippen LogP contribution in [0, 0.1) is 0 Å². The molecular formula is C52H68. The van der Waals surface area contributed by atoms with Gasteiger partial charge in [0.1, 0.15) is 0 Å². The Morgan fingerprint density at radius 1 is 0.250 bits per heavy atom. The van der Waals surface area contributed by atoms with Crippen molar-refractivity contribution >= 4 is 53.9 Å². The van der Waals surface area contributed by atoms with Crippen LogP contribution in [-0.2, 0) is 12.8 Å². The fraction of sp³-hybridized carbons (Fsp3) is 0.500. The minimum absolute atomic E-state index is 1.19. The molecule has 52 heavy (non-hydrogen) atoms. The quantitative estimate of drug-likeness (QED) is 0.0437. The Morgan fingerprint density at radius 2 is 0.500 bits per heavy atom. The Morgan fingerprint density at radius 3 is 0.827 bits per heavy atom. The third-order valence-electron chi connectivity index (χ3n) is 12.1. The first-order valence-electron chi connectivity index (χ1n) is 22.0. The summed E-state index contributed by atoms with van der Waals surface area (Å²) in [5.41, 5.74) is 2.98. The molecule has 6 aromatic rings. The van der Waals surface area contributed by atoms with E-state index in [1.54, 1.807) is 0 Å². The molecule has 0 aliphatic carbocycles. The number of fused-ring (bicyclic) bond motifs is 9. The lowest BCUT2D eigenvalue weighted by Crippen LogP contribution is -1.89. The summed E-state index contributed by atoms with van der Waals surface area (Å²) in [7, 11) is 0. The largest absolute Gasteiger partial charge is 0.0654 e. The second-order valence-electron chi connectivity index (χ2n) is 16.2. The molecular weight excluding hydrogens is 625 g/mol. The topological polar surface area (TPSA) is 0 Å². The molecule has 0 amide bonds. The number of benzene rings is 6. The zero-order valence-electron chi connectivity index (χ0n) is 33.1. The maximum atomic E-state index is 2.49. The van der Waals surface area contributed by atoms with Gasteiger partial charge in [-0.25, -0.2) is 0 Å². The predicted molar refractivity (Wildman–Crippen MR) is 234 cm³/mol. The minimum atomic E-state index is 1.19. The van der Waals surface area contributed by atoms with E-state index >= 15 is 0 Å². The Bertz CT molecular complexity index is 1830. The fourth-order valence-electron chi connectivity index (χ4n) is 8.89. The molecule has 0 aromatic heterocycles. The van der Waals surface area contributed by atoms with E-state index in [0.29, 0.717) is 0 Å². The van der Waals surface area contributed by atoms with E-state index in [-0.39, 0.29) is 0 Å². The van der Waals surface area contributed by atoms with Crippen LogP contribution >= 0.6 is 0 Å². The van der Waals surface area contributed by atoms with Gasteiger partial charge in [-0.15, -0.1) is 0 Å². The lowest BCUT2D eigenvalue weighted by atomic mass is 9.91. The second kappa shape index (κ2) is 20.8. The lowest BCUT2D eigenvalue weighted by Gasteiger charge is -2.13. The highest BCUT2D eigenvalue weighted by atomic mass is 14.1. The van der Waals surface area contributed by atoms with Crippen LogP contribution in [0.15, 0.2) is 84.9 Å². The van der Waals surface area contributed by atoms with E-state index < -0.39 is 0 Å². The van der Waals surface area contributed by atoms with Crippen molar-refractivity contribution in [1.29, 1.82) is 0 Å². The van der Waals surface area contributed by atoms with Gasteiger partial charge in [0.15, 0.2) is 0 Å². The molecule has 6 aromatic carbocycles. The molecule has 0 saturated carbocycles. The molecule has 0 atom stereocenters. The van der Waals surface area contributed by atoms with Gasteiger partial charge in [-0.2, -0.15) is 0 Å².